The topological polar surface area (TPSA) is 64.1 Å². The minimum atomic E-state index is -0.107. The third kappa shape index (κ3) is 3.97. The van der Waals surface area contributed by atoms with Gasteiger partial charge in [-0.25, -0.2) is 0 Å². The van der Waals surface area contributed by atoms with E-state index in [-0.39, 0.29) is 5.91 Å². The molecule has 0 unspecified atom stereocenters. The Labute approximate surface area is 158 Å². The summed E-state index contributed by atoms with van der Waals surface area (Å²) in [5.74, 6) is 0.807. The van der Waals surface area contributed by atoms with Gasteiger partial charge < -0.3 is 10.1 Å². The molecule has 1 aliphatic heterocycles. The minimum Gasteiger partial charge on any atom is -0.492 e. The predicted octanol–water partition coefficient (Wildman–Crippen LogP) is 3.44. The Balaban J connectivity index is 1.35. The number of carbonyl (C=O) groups is 1. The van der Waals surface area contributed by atoms with Crippen LogP contribution in [0.4, 0.5) is 0 Å². The van der Waals surface area contributed by atoms with E-state index in [0.717, 1.165) is 42.0 Å². The maximum Gasteiger partial charge on any atom is 0.252 e. The lowest BCUT2D eigenvalue weighted by atomic mass is 10.0. The van der Waals surface area contributed by atoms with Crippen molar-refractivity contribution in [3.05, 3.63) is 77.7 Å². The van der Waals surface area contributed by atoms with Crippen LogP contribution < -0.4 is 10.1 Å². The Morgan fingerprint density at radius 2 is 2.04 bits per heavy atom. The summed E-state index contributed by atoms with van der Waals surface area (Å²) in [5.41, 5.74) is 4.61. The molecular formula is C22H21N3O2. The molecule has 27 heavy (non-hydrogen) atoms. The maximum absolute atomic E-state index is 12.3. The fraction of sp³-hybridized carbons (Fsp3) is 0.227. The number of ether oxygens (including phenoxy) is 1. The average Bonchev–Trinajstić information content (AvgIpc) is 3.21. The first kappa shape index (κ1) is 17.2. The number of hydrogen-bond acceptors (Lipinski definition) is 4. The van der Waals surface area contributed by atoms with Gasteiger partial charge in [0.05, 0.1) is 17.9 Å². The van der Waals surface area contributed by atoms with Crippen molar-refractivity contribution in [1.29, 1.82) is 0 Å². The Kier molecular flexibility index (Phi) is 5.10. The average molecular weight is 359 g/mol. The molecule has 3 heterocycles. The van der Waals surface area contributed by atoms with Gasteiger partial charge in [-0.15, -0.1) is 0 Å². The van der Waals surface area contributed by atoms with Crippen molar-refractivity contribution < 1.29 is 9.53 Å². The summed E-state index contributed by atoms with van der Waals surface area (Å²) >= 11 is 0. The zero-order chi connectivity index (χ0) is 18.5. The predicted molar refractivity (Wildman–Crippen MR) is 104 cm³/mol. The van der Waals surface area contributed by atoms with Crippen LogP contribution in [0.3, 0.4) is 0 Å². The van der Waals surface area contributed by atoms with Crippen LogP contribution in [0.1, 0.15) is 28.0 Å². The van der Waals surface area contributed by atoms with Crippen LogP contribution >= 0.6 is 0 Å². The van der Waals surface area contributed by atoms with E-state index >= 15 is 0 Å². The Morgan fingerprint density at radius 1 is 1.07 bits per heavy atom. The van der Waals surface area contributed by atoms with Gasteiger partial charge in [-0.3, -0.25) is 14.8 Å². The Hall–Kier alpha value is -3.21. The summed E-state index contributed by atoms with van der Waals surface area (Å²) in [4.78, 5) is 21.1. The smallest absolute Gasteiger partial charge is 0.252 e. The van der Waals surface area contributed by atoms with E-state index in [4.69, 9.17) is 4.74 Å². The Bertz CT molecular complexity index is 924. The fourth-order valence-electron chi connectivity index (χ4n) is 3.22. The molecular weight excluding hydrogens is 338 g/mol. The number of carbonyl (C=O) groups excluding carboxylic acids is 1. The first-order valence-corrected chi connectivity index (χ1v) is 9.20. The monoisotopic (exact) mass is 359 g/mol. The second-order valence-corrected chi connectivity index (χ2v) is 6.50. The molecule has 2 aromatic heterocycles. The lowest BCUT2D eigenvalue weighted by molar-refractivity contribution is 0.0953. The van der Waals surface area contributed by atoms with Crippen LogP contribution in [0.25, 0.3) is 11.3 Å². The summed E-state index contributed by atoms with van der Waals surface area (Å²) < 4.78 is 5.74. The number of pyridine rings is 2. The summed E-state index contributed by atoms with van der Waals surface area (Å²) in [7, 11) is 0. The number of nitrogens with one attached hydrogen (secondary N) is 1. The second-order valence-electron chi connectivity index (χ2n) is 6.50. The van der Waals surface area contributed by atoms with Gasteiger partial charge in [0.2, 0.25) is 0 Å². The number of para-hydroxylation sites is 1. The third-order valence-electron chi connectivity index (χ3n) is 4.64. The van der Waals surface area contributed by atoms with Crippen LogP contribution in [-0.2, 0) is 12.8 Å². The highest BCUT2D eigenvalue weighted by Crippen LogP contribution is 2.35. The van der Waals surface area contributed by atoms with Gasteiger partial charge in [-0.05, 0) is 48.7 Å². The molecule has 0 atom stereocenters. The SMILES string of the molecule is O=C(NCCCc1ccccn1)c1ccc(-c2cccc3c2OCC3)nc1. The number of rotatable bonds is 6. The molecule has 0 fully saturated rings. The summed E-state index contributed by atoms with van der Waals surface area (Å²) in [6, 6.07) is 15.7. The molecule has 0 radical (unpaired) electrons. The van der Waals surface area contributed by atoms with Crippen molar-refractivity contribution >= 4 is 5.91 Å². The van der Waals surface area contributed by atoms with Crippen molar-refractivity contribution in [3.8, 4) is 17.0 Å². The standard InChI is InChI=1S/C22H21N3O2/c26-22(24-13-4-7-18-6-1-2-12-23-18)17-9-10-20(25-15-17)19-8-3-5-16-11-14-27-21(16)19/h1-3,5-6,8-10,12,15H,4,7,11,13-14H2,(H,24,26). The lowest BCUT2D eigenvalue weighted by Gasteiger charge is -2.09. The highest BCUT2D eigenvalue weighted by Gasteiger charge is 2.17. The first-order valence-electron chi connectivity index (χ1n) is 9.20. The largest absolute Gasteiger partial charge is 0.492 e. The van der Waals surface area contributed by atoms with Crippen LogP contribution in [0, 0.1) is 0 Å². The number of hydrogen-bond donors (Lipinski definition) is 1. The number of fused-ring (bicyclic) bond motifs is 1. The second kappa shape index (κ2) is 7.99. The highest BCUT2D eigenvalue weighted by molar-refractivity contribution is 5.94. The van der Waals surface area contributed by atoms with Crippen LogP contribution in [0.15, 0.2) is 60.9 Å². The van der Waals surface area contributed by atoms with E-state index in [1.165, 1.54) is 5.56 Å². The molecule has 1 amide bonds. The van der Waals surface area contributed by atoms with Crippen LogP contribution in [0.5, 0.6) is 5.75 Å². The Morgan fingerprint density at radius 3 is 2.85 bits per heavy atom. The molecule has 5 nitrogen and oxygen atoms in total. The molecule has 0 bridgehead atoms. The normalized spacial score (nSPS) is 12.3. The van der Waals surface area contributed by atoms with Gasteiger partial charge in [0.25, 0.3) is 5.91 Å². The van der Waals surface area contributed by atoms with Crippen molar-refractivity contribution in [2.75, 3.05) is 13.2 Å². The third-order valence-corrected chi connectivity index (χ3v) is 4.64. The molecule has 1 aromatic carbocycles. The summed E-state index contributed by atoms with van der Waals surface area (Å²) in [5, 5.41) is 2.94. The van der Waals surface area contributed by atoms with E-state index in [1.807, 2.05) is 42.5 Å². The molecule has 4 rings (SSSR count). The van der Waals surface area contributed by atoms with Gasteiger partial charge >= 0.3 is 0 Å². The lowest BCUT2D eigenvalue weighted by Crippen LogP contribution is -2.24. The number of aromatic nitrogens is 2. The highest BCUT2D eigenvalue weighted by atomic mass is 16.5. The molecule has 3 aromatic rings. The van der Waals surface area contributed by atoms with Gasteiger partial charge in [0.1, 0.15) is 5.75 Å². The number of benzene rings is 1. The number of amides is 1. The molecule has 1 aliphatic rings. The molecule has 1 N–H and O–H groups in total. The van der Waals surface area contributed by atoms with Gasteiger partial charge in [-0.1, -0.05) is 18.2 Å². The molecule has 0 aliphatic carbocycles. The van der Waals surface area contributed by atoms with Crippen molar-refractivity contribution in [2.24, 2.45) is 0 Å². The molecule has 5 heteroatoms. The van der Waals surface area contributed by atoms with Crippen molar-refractivity contribution in [3.63, 3.8) is 0 Å². The fourth-order valence-corrected chi connectivity index (χ4v) is 3.22. The van der Waals surface area contributed by atoms with Crippen LogP contribution in [0.2, 0.25) is 0 Å². The number of nitrogens with zero attached hydrogens (tertiary/aromatic N) is 2. The van der Waals surface area contributed by atoms with Gasteiger partial charge in [-0.2, -0.15) is 0 Å². The molecule has 0 saturated carbocycles. The number of aryl methyl sites for hydroxylation is 1. The summed E-state index contributed by atoms with van der Waals surface area (Å²) in [6.07, 6.45) is 6.04. The van der Waals surface area contributed by atoms with E-state index in [1.54, 1.807) is 12.4 Å². The minimum absolute atomic E-state index is 0.107. The van der Waals surface area contributed by atoms with E-state index < -0.39 is 0 Å². The van der Waals surface area contributed by atoms with Crippen molar-refractivity contribution in [1.82, 2.24) is 15.3 Å². The van der Waals surface area contributed by atoms with Crippen LogP contribution in [-0.4, -0.2) is 29.0 Å². The molecule has 136 valence electrons. The van der Waals surface area contributed by atoms with E-state index in [0.29, 0.717) is 18.7 Å². The quantitative estimate of drug-likeness (QED) is 0.685. The van der Waals surface area contributed by atoms with Crippen molar-refractivity contribution in [2.45, 2.75) is 19.3 Å². The summed E-state index contributed by atoms with van der Waals surface area (Å²) in [6.45, 7) is 1.32. The van der Waals surface area contributed by atoms with Gasteiger partial charge in [0.15, 0.2) is 0 Å². The molecule has 0 spiro atoms. The zero-order valence-electron chi connectivity index (χ0n) is 15.0. The van der Waals surface area contributed by atoms with E-state index in [9.17, 15) is 4.79 Å². The zero-order valence-corrected chi connectivity index (χ0v) is 15.0. The molecule has 0 saturated heterocycles. The van der Waals surface area contributed by atoms with Gasteiger partial charge in [0, 0.05) is 36.6 Å². The maximum atomic E-state index is 12.3. The first-order chi connectivity index (χ1) is 13.3. The van der Waals surface area contributed by atoms with E-state index in [2.05, 4.69) is 21.4 Å².